The zero-order chi connectivity index (χ0) is 13.1. The molecule has 0 aliphatic carbocycles. The van der Waals surface area contributed by atoms with E-state index in [9.17, 15) is 4.79 Å². The number of rotatable bonds is 3. The first-order valence-electron chi connectivity index (χ1n) is 6.30. The largest absolute Gasteiger partial charge is 0.398 e. The molecule has 0 spiro atoms. The summed E-state index contributed by atoms with van der Waals surface area (Å²) >= 11 is 0. The number of hydrogen-bond donors (Lipinski definition) is 1. The molecule has 0 saturated carbocycles. The van der Waals surface area contributed by atoms with Gasteiger partial charge in [-0.2, -0.15) is 0 Å². The van der Waals surface area contributed by atoms with Gasteiger partial charge in [0, 0.05) is 37.1 Å². The van der Waals surface area contributed by atoms with Gasteiger partial charge in [0.1, 0.15) is 0 Å². The van der Waals surface area contributed by atoms with Crippen LogP contribution in [0.3, 0.4) is 0 Å². The molecule has 4 heteroatoms. The summed E-state index contributed by atoms with van der Waals surface area (Å²) in [5, 5.41) is 0. The number of carbonyl (C=O) groups is 1. The Morgan fingerprint density at radius 2 is 2.28 bits per heavy atom. The molecule has 4 nitrogen and oxygen atoms in total. The number of carbonyl (C=O) groups excluding carboxylic acids is 1. The van der Waals surface area contributed by atoms with Crippen LogP contribution in [0.1, 0.15) is 30.1 Å². The molecular formula is C14H20N2O2. The monoisotopic (exact) mass is 248 g/mol. The molecule has 1 atom stereocenters. The van der Waals surface area contributed by atoms with Gasteiger partial charge in [-0.3, -0.25) is 4.79 Å². The average molecular weight is 248 g/mol. The number of methoxy groups -OCH3 is 1. The van der Waals surface area contributed by atoms with Crippen molar-refractivity contribution in [1.82, 2.24) is 0 Å². The molecule has 1 fully saturated rings. The number of nitrogen functional groups attached to an aromatic ring is 1. The van der Waals surface area contributed by atoms with Crippen LogP contribution in [0.4, 0.5) is 11.4 Å². The van der Waals surface area contributed by atoms with Gasteiger partial charge in [0.05, 0.1) is 6.10 Å². The molecule has 0 bridgehead atoms. The first-order valence-corrected chi connectivity index (χ1v) is 6.30. The molecule has 2 N–H and O–H groups in total. The Bertz CT molecular complexity index is 445. The van der Waals surface area contributed by atoms with Gasteiger partial charge < -0.3 is 15.4 Å². The topological polar surface area (TPSA) is 55.6 Å². The molecule has 2 rings (SSSR count). The van der Waals surface area contributed by atoms with E-state index in [4.69, 9.17) is 10.5 Å². The van der Waals surface area contributed by atoms with Gasteiger partial charge in [0.25, 0.3) is 0 Å². The highest BCUT2D eigenvalue weighted by Crippen LogP contribution is 2.25. The van der Waals surface area contributed by atoms with E-state index in [1.54, 1.807) is 14.0 Å². The lowest BCUT2D eigenvalue weighted by atomic mass is 10.0. The van der Waals surface area contributed by atoms with Crippen LogP contribution in [0.2, 0.25) is 0 Å². The predicted molar refractivity (Wildman–Crippen MR) is 73.1 cm³/mol. The molecule has 0 aromatic heterocycles. The van der Waals surface area contributed by atoms with Gasteiger partial charge in [-0.05, 0) is 38.0 Å². The van der Waals surface area contributed by atoms with Crippen molar-refractivity contribution < 1.29 is 9.53 Å². The molecule has 0 amide bonds. The lowest BCUT2D eigenvalue weighted by Crippen LogP contribution is -2.39. The zero-order valence-electron chi connectivity index (χ0n) is 11.0. The third-order valence-electron chi connectivity index (χ3n) is 3.49. The van der Waals surface area contributed by atoms with Crippen molar-refractivity contribution in [3.63, 3.8) is 0 Å². The van der Waals surface area contributed by atoms with E-state index in [1.807, 2.05) is 18.2 Å². The number of anilines is 2. The van der Waals surface area contributed by atoms with Crippen molar-refractivity contribution in [1.29, 1.82) is 0 Å². The van der Waals surface area contributed by atoms with Crippen LogP contribution in [-0.4, -0.2) is 32.1 Å². The minimum atomic E-state index is 0.00894. The van der Waals surface area contributed by atoms with Crippen LogP contribution in [0.5, 0.6) is 0 Å². The Balaban J connectivity index is 2.22. The minimum Gasteiger partial charge on any atom is -0.398 e. The first kappa shape index (κ1) is 12.9. The van der Waals surface area contributed by atoms with Crippen molar-refractivity contribution in [3.8, 4) is 0 Å². The Morgan fingerprint density at radius 3 is 2.94 bits per heavy atom. The van der Waals surface area contributed by atoms with Crippen molar-refractivity contribution >= 4 is 17.2 Å². The van der Waals surface area contributed by atoms with Gasteiger partial charge in [-0.15, -0.1) is 0 Å². The van der Waals surface area contributed by atoms with Crippen molar-refractivity contribution in [2.75, 3.05) is 30.8 Å². The number of Topliss-reactive ketones (excluding diaryl/α,β-unsaturated/α-hetero) is 1. The fourth-order valence-electron chi connectivity index (χ4n) is 2.41. The number of nitrogens with two attached hydrogens (primary N) is 1. The Labute approximate surface area is 108 Å². The summed E-state index contributed by atoms with van der Waals surface area (Å²) in [7, 11) is 1.75. The molecule has 1 aromatic carbocycles. The second-order valence-electron chi connectivity index (χ2n) is 4.77. The molecule has 1 saturated heterocycles. The highest BCUT2D eigenvalue weighted by molar-refractivity contribution is 6.00. The SMILES string of the molecule is COC1CCCN(c2ccc(N)c(C(C)=O)c2)C1. The quantitative estimate of drug-likeness (QED) is 0.657. The molecule has 1 aliphatic rings. The highest BCUT2D eigenvalue weighted by Gasteiger charge is 2.20. The summed E-state index contributed by atoms with van der Waals surface area (Å²) in [6, 6.07) is 5.66. The molecule has 98 valence electrons. The smallest absolute Gasteiger partial charge is 0.161 e. The molecule has 18 heavy (non-hydrogen) atoms. The second kappa shape index (κ2) is 5.40. The summed E-state index contributed by atoms with van der Waals surface area (Å²) in [5.41, 5.74) is 8.01. The Morgan fingerprint density at radius 1 is 1.50 bits per heavy atom. The third kappa shape index (κ3) is 2.64. The number of nitrogens with zero attached hydrogens (tertiary/aromatic N) is 1. The molecular weight excluding hydrogens is 228 g/mol. The van der Waals surface area contributed by atoms with Crippen LogP contribution < -0.4 is 10.6 Å². The lowest BCUT2D eigenvalue weighted by Gasteiger charge is -2.33. The van der Waals surface area contributed by atoms with E-state index in [2.05, 4.69) is 4.90 Å². The van der Waals surface area contributed by atoms with Gasteiger partial charge >= 0.3 is 0 Å². The normalized spacial score (nSPS) is 19.9. The van der Waals surface area contributed by atoms with Gasteiger partial charge in [0.15, 0.2) is 5.78 Å². The van der Waals surface area contributed by atoms with E-state index in [-0.39, 0.29) is 11.9 Å². The number of piperidine rings is 1. The molecule has 1 heterocycles. The van der Waals surface area contributed by atoms with Crippen LogP contribution in [0.15, 0.2) is 18.2 Å². The number of ether oxygens (including phenoxy) is 1. The van der Waals surface area contributed by atoms with Crippen molar-refractivity contribution in [2.24, 2.45) is 0 Å². The fourth-order valence-corrected chi connectivity index (χ4v) is 2.41. The summed E-state index contributed by atoms with van der Waals surface area (Å²) in [5.74, 6) is 0.00894. The maximum atomic E-state index is 11.5. The average Bonchev–Trinajstić information content (AvgIpc) is 2.39. The van der Waals surface area contributed by atoms with Gasteiger partial charge in [-0.25, -0.2) is 0 Å². The van der Waals surface area contributed by atoms with Gasteiger partial charge in [0.2, 0.25) is 0 Å². The number of hydrogen-bond acceptors (Lipinski definition) is 4. The summed E-state index contributed by atoms with van der Waals surface area (Å²) in [4.78, 5) is 13.8. The maximum Gasteiger partial charge on any atom is 0.161 e. The van der Waals surface area contributed by atoms with Crippen molar-refractivity contribution in [3.05, 3.63) is 23.8 Å². The third-order valence-corrected chi connectivity index (χ3v) is 3.49. The lowest BCUT2D eigenvalue weighted by molar-refractivity contribution is 0.0893. The molecule has 1 unspecified atom stereocenters. The number of ketones is 1. The molecule has 1 aliphatic heterocycles. The Kier molecular flexibility index (Phi) is 3.87. The van der Waals surface area contributed by atoms with Crippen LogP contribution >= 0.6 is 0 Å². The maximum absolute atomic E-state index is 11.5. The van der Waals surface area contributed by atoms with Crippen molar-refractivity contribution in [2.45, 2.75) is 25.9 Å². The summed E-state index contributed by atoms with van der Waals surface area (Å²) in [6.07, 6.45) is 2.48. The van der Waals surface area contributed by atoms with Gasteiger partial charge in [-0.1, -0.05) is 0 Å². The first-order chi connectivity index (χ1) is 8.61. The predicted octanol–water partition coefficient (Wildman–Crippen LogP) is 2.09. The Hall–Kier alpha value is -1.55. The number of benzene rings is 1. The van der Waals surface area contributed by atoms with Crippen LogP contribution in [0.25, 0.3) is 0 Å². The van der Waals surface area contributed by atoms with E-state index in [0.717, 1.165) is 31.6 Å². The van der Waals surface area contributed by atoms with Crippen LogP contribution in [0, 0.1) is 0 Å². The van der Waals surface area contributed by atoms with E-state index >= 15 is 0 Å². The minimum absolute atomic E-state index is 0.00894. The highest BCUT2D eigenvalue weighted by atomic mass is 16.5. The van der Waals surface area contributed by atoms with Crippen LogP contribution in [-0.2, 0) is 4.74 Å². The van der Waals surface area contributed by atoms with E-state index < -0.39 is 0 Å². The molecule has 1 aromatic rings. The van der Waals surface area contributed by atoms with E-state index in [1.165, 1.54) is 0 Å². The second-order valence-corrected chi connectivity index (χ2v) is 4.77. The standard InChI is InChI=1S/C14H20N2O2/c1-10(17)13-8-11(5-6-14(13)15)16-7-3-4-12(9-16)18-2/h5-6,8,12H,3-4,7,9,15H2,1-2H3. The fraction of sp³-hybridized carbons (Fsp3) is 0.500. The zero-order valence-corrected chi connectivity index (χ0v) is 11.0. The summed E-state index contributed by atoms with van der Waals surface area (Å²) < 4.78 is 5.41. The summed E-state index contributed by atoms with van der Waals surface area (Å²) in [6.45, 7) is 3.42. The molecule has 0 radical (unpaired) electrons. The van der Waals surface area contributed by atoms with E-state index in [0.29, 0.717) is 11.3 Å².